The molecule has 0 aromatic heterocycles. The molecule has 128 valence electrons. The van der Waals surface area contributed by atoms with Crippen LogP contribution in [0.3, 0.4) is 0 Å². The molecule has 1 aliphatic rings. The Morgan fingerprint density at radius 2 is 1.71 bits per heavy atom. The second-order valence-corrected chi connectivity index (χ2v) is 7.68. The Morgan fingerprint density at radius 1 is 1.04 bits per heavy atom. The zero-order valence-corrected chi connectivity index (χ0v) is 14.1. The van der Waals surface area contributed by atoms with E-state index in [9.17, 15) is 12.8 Å². The predicted molar refractivity (Wildman–Crippen MR) is 90.7 cm³/mol. The lowest BCUT2D eigenvalue weighted by Crippen LogP contribution is -2.32. The van der Waals surface area contributed by atoms with Gasteiger partial charge in [0.25, 0.3) is 0 Å². The SMILES string of the molecule is O=S(=O)(CCN(Cc1ccc(F)cc1)C1CC1)Oc1ccccc1. The molecule has 2 aromatic carbocycles. The van der Waals surface area contributed by atoms with Crippen LogP contribution in [0.25, 0.3) is 0 Å². The van der Waals surface area contributed by atoms with Gasteiger partial charge in [0.2, 0.25) is 0 Å². The maximum Gasteiger partial charge on any atom is 0.310 e. The van der Waals surface area contributed by atoms with Gasteiger partial charge in [-0.3, -0.25) is 4.90 Å². The quantitative estimate of drug-likeness (QED) is 0.687. The van der Waals surface area contributed by atoms with Crippen molar-refractivity contribution in [3.63, 3.8) is 0 Å². The average molecular weight is 349 g/mol. The van der Waals surface area contributed by atoms with Gasteiger partial charge in [-0.15, -0.1) is 0 Å². The van der Waals surface area contributed by atoms with Gasteiger partial charge in [0.1, 0.15) is 11.6 Å². The molecular weight excluding hydrogens is 329 g/mol. The summed E-state index contributed by atoms with van der Waals surface area (Å²) in [4.78, 5) is 2.12. The lowest BCUT2D eigenvalue weighted by Gasteiger charge is -2.22. The minimum Gasteiger partial charge on any atom is -0.382 e. The smallest absolute Gasteiger partial charge is 0.310 e. The van der Waals surface area contributed by atoms with Crippen LogP contribution in [0.4, 0.5) is 4.39 Å². The van der Waals surface area contributed by atoms with E-state index >= 15 is 0 Å². The summed E-state index contributed by atoms with van der Waals surface area (Å²) in [5.41, 5.74) is 0.977. The monoisotopic (exact) mass is 349 g/mol. The molecule has 0 heterocycles. The minimum atomic E-state index is -3.64. The maximum atomic E-state index is 13.0. The summed E-state index contributed by atoms with van der Waals surface area (Å²) < 4.78 is 42.4. The maximum absolute atomic E-state index is 13.0. The molecule has 24 heavy (non-hydrogen) atoms. The standard InChI is InChI=1S/C18H20FNO3S/c19-16-8-6-15(7-9-16)14-20(17-10-11-17)12-13-24(21,22)23-18-4-2-1-3-5-18/h1-9,17H,10-14H2. The summed E-state index contributed by atoms with van der Waals surface area (Å²) in [7, 11) is -3.64. The van der Waals surface area contributed by atoms with E-state index in [-0.39, 0.29) is 11.6 Å². The lowest BCUT2D eigenvalue weighted by molar-refractivity contribution is 0.268. The van der Waals surface area contributed by atoms with E-state index in [0.29, 0.717) is 24.9 Å². The van der Waals surface area contributed by atoms with Crippen LogP contribution < -0.4 is 4.18 Å². The average Bonchev–Trinajstić information content (AvgIpc) is 3.39. The summed E-state index contributed by atoms with van der Waals surface area (Å²) in [6, 6.07) is 15.2. The molecule has 0 radical (unpaired) electrons. The molecule has 4 nitrogen and oxygen atoms in total. The van der Waals surface area contributed by atoms with E-state index < -0.39 is 10.1 Å². The van der Waals surface area contributed by atoms with Crippen LogP contribution in [0.2, 0.25) is 0 Å². The van der Waals surface area contributed by atoms with E-state index in [4.69, 9.17) is 4.18 Å². The van der Waals surface area contributed by atoms with Crippen molar-refractivity contribution < 1.29 is 17.0 Å². The van der Waals surface area contributed by atoms with Gasteiger partial charge in [-0.25, -0.2) is 4.39 Å². The number of benzene rings is 2. The fourth-order valence-corrected chi connectivity index (χ4v) is 3.49. The van der Waals surface area contributed by atoms with Crippen LogP contribution in [0, 0.1) is 5.82 Å². The van der Waals surface area contributed by atoms with Gasteiger partial charge in [0.15, 0.2) is 0 Å². The molecule has 0 saturated heterocycles. The summed E-state index contributed by atoms with van der Waals surface area (Å²) in [5, 5.41) is 0. The number of hydrogen-bond donors (Lipinski definition) is 0. The number of para-hydroxylation sites is 1. The number of hydrogen-bond acceptors (Lipinski definition) is 4. The highest BCUT2D eigenvalue weighted by molar-refractivity contribution is 7.87. The Hall–Kier alpha value is -1.92. The molecule has 0 atom stereocenters. The largest absolute Gasteiger partial charge is 0.382 e. The van der Waals surface area contributed by atoms with Crippen LogP contribution in [0.15, 0.2) is 54.6 Å². The van der Waals surface area contributed by atoms with Gasteiger partial charge in [0, 0.05) is 19.1 Å². The van der Waals surface area contributed by atoms with Gasteiger partial charge in [-0.2, -0.15) is 8.42 Å². The first kappa shape index (κ1) is 16.9. The fraction of sp³-hybridized carbons (Fsp3) is 0.333. The van der Waals surface area contributed by atoms with Crippen molar-refractivity contribution in [2.24, 2.45) is 0 Å². The van der Waals surface area contributed by atoms with Gasteiger partial charge >= 0.3 is 10.1 Å². The molecule has 2 aromatic rings. The van der Waals surface area contributed by atoms with Gasteiger partial charge in [0.05, 0.1) is 5.75 Å². The van der Waals surface area contributed by atoms with E-state index in [0.717, 1.165) is 18.4 Å². The van der Waals surface area contributed by atoms with Crippen LogP contribution in [-0.2, 0) is 16.7 Å². The lowest BCUT2D eigenvalue weighted by atomic mass is 10.2. The molecule has 6 heteroatoms. The first-order valence-corrected chi connectivity index (χ1v) is 9.55. The summed E-state index contributed by atoms with van der Waals surface area (Å²) in [5.74, 6) is -0.0101. The van der Waals surface area contributed by atoms with Crippen molar-refractivity contribution in [2.45, 2.75) is 25.4 Å². The zero-order valence-electron chi connectivity index (χ0n) is 13.3. The number of nitrogens with zero attached hydrogens (tertiary/aromatic N) is 1. The van der Waals surface area contributed by atoms with Gasteiger partial charge < -0.3 is 4.18 Å². The normalized spacial score (nSPS) is 14.8. The van der Waals surface area contributed by atoms with E-state index in [1.807, 2.05) is 0 Å². The highest BCUT2D eigenvalue weighted by atomic mass is 32.2. The van der Waals surface area contributed by atoms with Crippen molar-refractivity contribution in [3.8, 4) is 5.75 Å². The third-order valence-electron chi connectivity index (χ3n) is 3.96. The third kappa shape index (κ3) is 5.04. The van der Waals surface area contributed by atoms with Crippen molar-refractivity contribution in [2.75, 3.05) is 12.3 Å². The van der Waals surface area contributed by atoms with Crippen LogP contribution >= 0.6 is 0 Å². The Kier molecular flexibility index (Phi) is 5.16. The Bertz CT molecular complexity index is 759. The topological polar surface area (TPSA) is 46.6 Å². The van der Waals surface area contributed by atoms with Gasteiger partial charge in [-0.05, 0) is 42.7 Å². The van der Waals surface area contributed by atoms with Crippen molar-refractivity contribution in [3.05, 3.63) is 66.0 Å². The molecule has 0 bridgehead atoms. The second kappa shape index (κ2) is 7.32. The molecule has 0 unspecified atom stereocenters. The van der Waals surface area contributed by atoms with Crippen LogP contribution in [0.5, 0.6) is 5.75 Å². The number of rotatable bonds is 8. The predicted octanol–water partition coefficient (Wildman–Crippen LogP) is 3.20. The van der Waals surface area contributed by atoms with Crippen molar-refractivity contribution >= 4 is 10.1 Å². The first-order valence-electron chi connectivity index (χ1n) is 7.97. The molecular formula is C18H20FNO3S. The molecule has 1 saturated carbocycles. The molecule has 1 fully saturated rings. The third-order valence-corrected chi connectivity index (χ3v) is 5.09. The van der Waals surface area contributed by atoms with E-state index in [2.05, 4.69) is 4.90 Å². The molecule has 0 amide bonds. The summed E-state index contributed by atoms with van der Waals surface area (Å²) in [6.07, 6.45) is 2.14. The second-order valence-electron chi connectivity index (χ2n) is 5.99. The van der Waals surface area contributed by atoms with Gasteiger partial charge in [-0.1, -0.05) is 30.3 Å². The Balaban J connectivity index is 1.58. The van der Waals surface area contributed by atoms with Crippen LogP contribution in [-0.4, -0.2) is 31.7 Å². The first-order chi connectivity index (χ1) is 11.5. The van der Waals surface area contributed by atoms with Crippen molar-refractivity contribution in [1.29, 1.82) is 0 Å². The molecule has 0 N–H and O–H groups in total. The van der Waals surface area contributed by atoms with Crippen LogP contribution in [0.1, 0.15) is 18.4 Å². The fourth-order valence-electron chi connectivity index (χ4n) is 2.55. The molecule has 1 aliphatic carbocycles. The molecule has 3 rings (SSSR count). The number of halogens is 1. The zero-order chi connectivity index (χ0) is 17.0. The molecule has 0 spiro atoms. The highest BCUT2D eigenvalue weighted by Crippen LogP contribution is 2.28. The highest BCUT2D eigenvalue weighted by Gasteiger charge is 2.30. The summed E-state index contributed by atoms with van der Waals surface area (Å²) >= 11 is 0. The Labute approximate surface area is 142 Å². The van der Waals surface area contributed by atoms with E-state index in [1.165, 1.54) is 12.1 Å². The molecule has 0 aliphatic heterocycles. The van der Waals surface area contributed by atoms with Crippen molar-refractivity contribution in [1.82, 2.24) is 4.90 Å². The summed E-state index contributed by atoms with van der Waals surface area (Å²) in [6.45, 7) is 1.02. The van der Waals surface area contributed by atoms with E-state index in [1.54, 1.807) is 42.5 Å². The minimum absolute atomic E-state index is 0.0699. The Morgan fingerprint density at radius 3 is 2.33 bits per heavy atom.